The standard InChI is InChI=1S/C32H38N2O4/c1-6-33(7-2)18-22-14-27-30(16-24(22)20-35)38-31-17-29(37)23(19-34(8-3)9-4)15-28(31)32(27)26-13-11-10-12-25(26)21(5)36/h10-17,35H,6-9,18-20H2,1-5H3. The summed E-state index contributed by atoms with van der Waals surface area (Å²) in [5, 5.41) is 11.1. The molecule has 0 spiro atoms. The lowest BCUT2D eigenvalue weighted by atomic mass is 9.88. The molecular formula is C32H38N2O4. The van der Waals surface area contributed by atoms with Crippen LogP contribution in [0.25, 0.3) is 33.4 Å². The quantitative estimate of drug-likeness (QED) is 0.197. The fourth-order valence-electron chi connectivity index (χ4n) is 5.19. The zero-order valence-electron chi connectivity index (χ0n) is 23.1. The third-order valence-corrected chi connectivity index (χ3v) is 7.55. The van der Waals surface area contributed by atoms with Crippen LogP contribution in [0.3, 0.4) is 0 Å². The molecule has 6 heteroatoms. The van der Waals surface area contributed by atoms with Gasteiger partial charge < -0.3 is 9.52 Å². The van der Waals surface area contributed by atoms with Gasteiger partial charge >= 0.3 is 0 Å². The molecule has 200 valence electrons. The number of hydrogen-bond donors (Lipinski definition) is 1. The molecule has 0 saturated carbocycles. The van der Waals surface area contributed by atoms with Crippen molar-refractivity contribution in [1.29, 1.82) is 0 Å². The molecule has 0 saturated heterocycles. The van der Waals surface area contributed by atoms with E-state index in [1.165, 1.54) is 0 Å². The van der Waals surface area contributed by atoms with Crippen LogP contribution in [0.2, 0.25) is 0 Å². The van der Waals surface area contributed by atoms with Crippen molar-refractivity contribution in [1.82, 2.24) is 9.80 Å². The first-order chi connectivity index (χ1) is 18.3. The van der Waals surface area contributed by atoms with Crippen LogP contribution >= 0.6 is 0 Å². The summed E-state index contributed by atoms with van der Waals surface area (Å²) in [5.74, 6) is 0.446. The van der Waals surface area contributed by atoms with Gasteiger partial charge in [0.15, 0.2) is 11.2 Å². The van der Waals surface area contributed by atoms with Crippen LogP contribution in [0.1, 0.15) is 61.7 Å². The van der Waals surface area contributed by atoms with Crippen LogP contribution in [0.5, 0.6) is 0 Å². The highest BCUT2D eigenvalue weighted by atomic mass is 16.3. The Bertz CT molecular complexity index is 1460. The van der Waals surface area contributed by atoms with Gasteiger partial charge in [-0.3, -0.25) is 19.4 Å². The van der Waals surface area contributed by atoms with E-state index in [1.54, 1.807) is 13.0 Å². The van der Waals surface area contributed by atoms with Crippen LogP contribution in [0, 0.1) is 0 Å². The van der Waals surface area contributed by atoms with Crippen molar-refractivity contribution in [2.24, 2.45) is 0 Å². The molecule has 0 fully saturated rings. The topological polar surface area (TPSA) is 74.0 Å². The van der Waals surface area contributed by atoms with Gasteiger partial charge in [-0.25, -0.2) is 0 Å². The van der Waals surface area contributed by atoms with Crippen molar-refractivity contribution in [3.63, 3.8) is 0 Å². The molecule has 1 heterocycles. The fraction of sp³-hybridized carbons (Fsp3) is 0.375. The Hall–Kier alpha value is -3.32. The maximum Gasteiger partial charge on any atom is 0.186 e. The molecule has 0 amide bonds. The van der Waals surface area contributed by atoms with Crippen LogP contribution < -0.4 is 5.43 Å². The van der Waals surface area contributed by atoms with Gasteiger partial charge in [-0.15, -0.1) is 0 Å². The first kappa shape index (κ1) is 27.7. The molecule has 0 bridgehead atoms. The summed E-state index contributed by atoms with van der Waals surface area (Å²) in [6.45, 7) is 14.6. The molecule has 4 rings (SSSR count). The third kappa shape index (κ3) is 5.44. The molecule has 1 N–H and O–H groups in total. The van der Waals surface area contributed by atoms with Crippen LogP contribution in [0.15, 0.2) is 57.7 Å². The number of Topliss-reactive ketones (excluding diaryl/α,β-unsaturated/α-hetero) is 1. The molecule has 2 aliphatic rings. The SMILES string of the molecule is CCN(CC)Cc1cc2c(-c3ccccc3C(C)=O)c3cc(CN(CC)CC)c(=O)cc-3oc2cc1CO. The van der Waals surface area contributed by atoms with E-state index in [9.17, 15) is 14.7 Å². The second-order valence-corrected chi connectivity index (χ2v) is 9.73. The Morgan fingerprint density at radius 1 is 0.816 bits per heavy atom. The number of fused-ring (bicyclic) bond motifs is 2. The van der Waals surface area contributed by atoms with Gasteiger partial charge in [0.1, 0.15) is 11.3 Å². The Balaban J connectivity index is 2.11. The summed E-state index contributed by atoms with van der Waals surface area (Å²) in [7, 11) is 0. The van der Waals surface area contributed by atoms with Crippen molar-refractivity contribution >= 4 is 16.8 Å². The summed E-state index contributed by atoms with van der Waals surface area (Å²) < 4.78 is 6.33. The summed E-state index contributed by atoms with van der Waals surface area (Å²) in [5.41, 5.74) is 6.12. The van der Waals surface area contributed by atoms with E-state index in [0.29, 0.717) is 35.6 Å². The number of carbonyl (C=O) groups excluding carboxylic acids is 1. The number of benzene rings is 3. The van der Waals surface area contributed by atoms with Crippen molar-refractivity contribution in [3.05, 3.63) is 81.0 Å². The summed E-state index contributed by atoms with van der Waals surface area (Å²) in [4.78, 5) is 30.4. The molecule has 2 aromatic carbocycles. The van der Waals surface area contributed by atoms with E-state index < -0.39 is 0 Å². The summed E-state index contributed by atoms with van der Waals surface area (Å²) in [6, 6.07) is 15.1. The molecule has 2 aromatic rings. The summed E-state index contributed by atoms with van der Waals surface area (Å²) >= 11 is 0. The normalized spacial score (nSPS) is 11.8. The van der Waals surface area contributed by atoms with E-state index in [-0.39, 0.29) is 17.8 Å². The lowest BCUT2D eigenvalue weighted by Gasteiger charge is -2.23. The van der Waals surface area contributed by atoms with Crippen LogP contribution in [-0.2, 0) is 19.7 Å². The Labute approximate surface area is 224 Å². The minimum atomic E-state index is -0.116. The van der Waals surface area contributed by atoms with E-state index in [1.807, 2.05) is 36.4 Å². The maximum absolute atomic E-state index is 13.1. The number of nitrogens with zero attached hydrogens (tertiary/aromatic N) is 2. The predicted octanol–water partition coefficient (Wildman–Crippen LogP) is 5.94. The summed E-state index contributed by atoms with van der Waals surface area (Å²) in [6.07, 6.45) is 0. The largest absolute Gasteiger partial charge is 0.456 e. The van der Waals surface area contributed by atoms with E-state index in [0.717, 1.165) is 59.4 Å². The predicted molar refractivity (Wildman–Crippen MR) is 154 cm³/mol. The Kier molecular flexibility index (Phi) is 8.77. The zero-order chi connectivity index (χ0) is 27.4. The molecule has 1 aliphatic carbocycles. The Morgan fingerprint density at radius 3 is 2.05 bits per heavy atom. The highest BCUT2D eigenvalue weighted by Gasteiger charge is 2.23. The molecule has 0 aromatic heterocycles. The van der Waals surface area contributed by atoms with Crippen LogP contribution in [0.4, 0.5) is 0 Å². The second kappa shape index (κ2) is 12.0. The molecule has 6 nitrogen and oxygen atoms in total. The number of aliphatic hydroxyl groups excluding tert-OH is 1. The van der Waals surface area contributed by atoms with Gasteiger partial charge in [-0.1, -0.05) is 52.0 Å². The highest BCUT2D eigenvalue weighted by molar-refractivity contribution is 6.09. The molecular weight excluding hydrogens is 476 g/mol. The lowest BCUT2D eigenvalue weighted by Crippen LogP contribution is -2.25. The average molecular weight is 515 g/mol. The second-order valence-electron chi connectivity index (χ2n) is 9.73. The first-order valence-electron chi connectivity index (χ1n) is 13.6. The monoisotopic (exact) mass is 514 g/mol. The van der Waals surface area contributed by atoms with Gasteiger partial charge in [0.25, 0.3) is 0 Å². The van der Waals surface area contributed by atoms with Crippen molar-refractivity contribution in [2.75, 3.05) is 26.2 Å². The van der Waals surface area contributed by atoms with Gasteiger partial charge in [0.05, 0.1) is 6.61 Å². The minimum absolute atomic E-state index is 0.0261. The maximum atomic E-state index is 13.1. The van der Waals surface area contributed by atoms with Gasteiger partial charge in [0, 0.05) is 46.8 Å². The number of carbonyl (C=O) groups is 1. The van der Waals surface area contributed by atoms with Crippen molar-refractivity contribution < 1.29 is 14.3 Å². The average Bonchev–Trinajstić information content (AvgIpc) is 2.93. The first-order valence-corrected chi connectivity index (χ1v) is 13.6. The zero-order valence-corrected chi connectivity index (χ0v) is 23.1. The number of hydrogen-bond acceptors (Lipinski definition) is 6. The van der Waals surface area contributed by atoms with Crippen molar-refractivity contribution in [2.45, 2.75) is 54.3 Å². The molecule has 0 radical (unpaired) electrons. The third-order valence-electron chi connectivity index (χ3n) is 7.55. The molecule has 0 atom stereocenters. The van der Waals surface area contributed by atoms with Crippen LogP contribution in [-0.4, -0.2) is 46.9 Å². The van der Waals surface area contributed by atoms with Gasteiger partial charge in [0.2, 0.25) is 0 Å². The van der Waals surface area contributed by atoms with Gasteiger partial charge in [-0.2, -0.15) is 0 Å². The number of aliphatic hydroxyl groups is 1. The smallest absolute Gasteiger partial charge is 0.186 e. The molecule has 1 aliphatic heterocycles. The van der Waals surface area contributed by atoms with E-state index >= 15 is 0 Å². The van der Waals surface area contributed by atoms with Crippen molar-refractivity contribution in [3.8, 4) is 22.5 Å². The lowest BCUT2D eigenvalue weighted by molar-refractivity contribution is 0.101. The Morgan fingerprint density at radius 2 is 1.45 bits per heavy atom. The fourth-order valence-corrected chi connectivity index (χ4v) is 5.19. The number of ketones is 1. The minimum Gasteiger partial charge on any atom is -0.456 e. The molecule has 38 heavy (non-hydrogen) atoms. The number of rotatable bonds is 11. The molecule has 0 unspecified atom stereocenters. The van der Waals surface area contributed by atoms with Gasteiger partial charge in [-0.05, 0) is 68.0 Å². The van der Waals surface area contributed by atoms with E-state index in [4.69, 9.17) is 4.42 Å². The van der Waals surface area contributed by atoms with E-state index in [2.05, 4.69) is 43.6 Å². The highest BCUT2D eigenvalue weighted by Crippen LogP contribution is 2.42.